The predicted octanol–water partition coefficient (Wildman–Crippen LogP) is 0.859. The van der Waals surface area contributed by atoms with Gasteiger partial charge in [-0.2, -0.15) is 4.98 Å². The van der Waals surface area contributed by atoms with Crippen LogP contribution in [0.4, 0.5) is 16.2 Å². The number of H-pyrrole nitrogens is 1. The highest BCUT2D eigenvalue weighted by Gasteiger charge is 2.54. The molecule has 9 atom stereocenters. The monoisotopic (exact) mass is 657 g/mol. The minimum atomic E-state index is -3.87. The molecule has 2 aliphatic heterocycles. The van der Waals surface area contributed by atoms with Gasteiger partial charge in [0.05, 0.1) is 25.9 Å². The maximum Gasteiger partial charge on any atom is 0.697 e. The second-order valence-corrected chi connectivity index (χ2v) is 14.0. The second-order valence-electron chi connectivity index (χ2n) is 10.2. The summed E-state index contributed by atoms with van der Waals surface area (Å²) in [5.74, 6) is -0.564. The van der Waals surface area contributed by atoms with Crippen molar-refractivity contribution in [3.8, 4) is 0 Å². The zero-order valence-corrected chi connectivity index (χ0v) is 24.5. The number of halogens is 1. The molecule has 1 aliphatic carbocycles. The standard InChI is InChI=1S/C21H23FN10O8P2S/c22-12-15-11(39-20(12)32-7-27-13-16(23)25-5-26-17(13)32)4-38-42(35,43)37-3-9-8(2-36-41(34)40-15)1-10(9)31-6-28-14-18(31)29-21(24)30-19(14)33/h5-12,15,20H,1-4H2,(H5-,23,24,25,26,29,30,33,35,43)/p+1/t8-,9-,10-,11-,12-,15-,20-,42?/m1/s1. The van der Waals surface area contributed by atoms with Gasteiger partial charge in [0.25, 0.3) is 5.56 Å². The first-order valence-corrected chi connectivity index (χ1v) is 16.6. The summed E-state index contributed by atoms with van der Waals surface area (Å²) in [5.41, 5.74) is 11.9. The van der Waals surface area contributed by atoms with E-state index in [0.29, 0.717) is 6.42 Å². The molecular formula is C21H24FN10O8P2S+. The van der Waals surface area contributed by atoms with E-state index in [9.17, 15) is 14.3 Å². The van der Waals surface area contributed by atoms with Crippen LogP contribution < -0.4 is 17.0 Å². The van der Waals surface area contributed by atoms with Crippen molar-refractivity contribution in [1.29, 1.82) is 0 Å². The van der Waals surface area contributed by atoms with Crippen molar-refractivity contribution in [3.05, 3.63) is 29.3 Å². The zero-order chi connectivity index (χ0) is 30.0. The van der Waals surface area contributed by atoms with Gasteiger partial charge in [-0.05, 0) is 24.1 Å². The lowest BCUT2D eigenvalue weighted by atomic mass is 9.70. The number of fused-ring (bicyclic) bond motifs is 4. The molecular weight excluding hydrogens is 633 g/mol. The molecule has 1 saturated carbocycles. The molecule has 43 heavy (non-hydrogen) atoms. The van der Waals surface area contributed by atoms with Gasteiger partial charge in [-0.15, -0.1) is 9.05 Å². The van der Waals surface area contributed by atoms with E-state index < -0.39 is 51.7 Å². The fourth-order valence-electron chi connectivity index (χ4n) is 5.63. The van der Waals surface area contributed by atoms with E-state index in [4.69, 9.17) is 46.1 Å². The maximum absolute atomic E-state index is 15.9. The number of imidazole rings is 2. The van der Waals surface area contributed by atoms with Gasteiger partial charge in [-0.25, -0.2) is 24.3 Å². The van der Waals surface area contributed by atoms with Crippen molar-refractivity contribution in [2.24, 2.45) is 11.8 Å². The number of hydrogen-bond donors (Lipinski definition) is 4. The highest BCUT2D eigenvalue weighted by Crippen LogP contribution is 2.52. The van der Waals surface area contributed by atoms with Crippen molar-refractivity contribution >= 4 is 60.9 Å². The number of nitrogens with zero attached hydrogens (tertiary/aromatic N) is 7. The van der Waals surface area contributed by atoms with Crippen LogP contribution in [0.25, 0.3) is 22.3 Å². The summed E-state index contributed by atoms with van der Waals surface area (Å²) >= 11 is 5.23. The Labute approximate surface area is 246 Å². The maximum atomic E-state index is 15.9. The molecule has 22 heteroatoms. The molecule has 3 aliphatic rings. The van der Waals surface area contributed by atoms with Gasteiger partial charge in [0.2, 0.25) is 5.95 Å². The number of alkyl halides is 1. The number of nitrogen functional groups attached to an aromatic ring is 2. The topological polar surface area (TPSA) is 243 Å². The molecule has 0 spiro atoms. The van der Waals surface area contributed by atoms with Crippen LogP contribution in [-0.4, -0.2) is 82.1 Å². The van der Waals surface area contributed by atoms with E-state index in [-0.39, 0.29) is 65.2 Å². The van der Waals surface area contributed by atoms with Crippen molar-refractivity contribution in [2.45, 2.75) is 37.1 Å². The molecule has 4 aromatic heterocycles. The Bertz CT molecular complexity index is 1840. The van der Waals surface area contributed by atoms with Crippen LogP contribution in [0.3, 0.4) is 0 Å². The third-order valence-corrected chi connectivity index (χ3v) is 10.2. The van der Waals surface area contributed by atoms with Gasteiger partial charge in [0.1, 0.15) is 24.6 Å². The lowest BCUT2D eigenvalue weighted by Crippen LogP contribution is -2.43. The molecule has 2 saturated heterocycles. The molecule has 228 valence electrons. The van der Waals surface area contributed by atoms with Crippen molar-refractivity contribution in [2.75, 3.05) is 31.3 Å². The van der Waals surface area contributed by atoms with Crippen LogP contribution in [0.5, 0.6) is 0 Å². The predicted molar refractivity (Wildman–Crippen MR) is 149 cm³/mol. The van der Waals surface area contributed by atoms with E-state index in [1.165, 1.54) is 23.5 Å². The van der Waals surface area contributed by atoms with Gasteiger partial charge in [-0.1, -0.05) is 0 Å². The lowest BCUT2D eigenvalue weighted by molar-refractivity contribution is -0.0421. The fraction of sp³-hybridized carbons (Fsp3) is 0.524. The summed E-state index contributed by atoms with van der Waals surface area (Å²) < 4.78 is 59.9. The minimum Gasteiger partial charge on any atom is -0.382 e. The van der Waals surface area contributed by atoms with E-state index in [1.54, 1.807) is 4.57 Å². The number of hydrogen-bond acceptors (Lipinski definition) is 15. The first kappa shape index (κ1) is 28.7. The summed E-state index contributed by atoms with van der Waals surface area (Å²) in [6, 6.07) is -0.298. The van der Waals surface area contributed by atoms with Crippen molar-refractivity contribution in [1.82, 2.24) is 39.0 Å². The smallest absolute Gasteiger partial charge is 0.382 e. The van der Waals surface area contributed by atoms with Gasteiger partial charge in [0.15, 0.2) is 41.1 Å². The van der Waals surface area contributed by atoms with Crippen molar-refractivity contribution < 1.29 is 36.7 Å². The molecule has 2 unspecified atom stereocenters. The highest BCUT2D eigenvalue weighted by molar-refractivity contribution is 8.07. The second kappa shape index (κ2) is 10.8. The Morgan fingerprint density at radius 2 is 1.86 bits per heavy atom. The number of nitrogens with one attached hydrogen (secondary N) is 1. The summed E-state index contributed by atoms with van der Waals surface area (Å²) in [6.45, 7) is -4.43. The minimum absolute atomic E-state index is 0.0430. The average Bonchev–Trinajstić information content (AvgIpc) is 3.64. The van der Waals surface area contributed by atoms with E-state index in [1.807, 2.05) is 0 Å². The molecule has 3 fully saturated rings. The molecule has 0 radical (unpaired) electrons. The quantitative estimate of drug-likeness (QED) is 0.218. The fourth-order valence-corrected chi connectivity index (χ4v) is 7.59. The van der Waals surface area contributed by atoms with E-state index in [2.05, 4.69) is 29.9 Å². The zero-order valence-electron chi connectivity index (χ0n) is 21.9. The molecule has 0 aromatic carbocycles. The lowest BCUT2D eigenvalue weighted by Gasteiger charge is -2.44. The number of aromatic amines is 1. The molecule has 4 aromatic rings. The Morgan fingerprint density at radius 3 is 2.70 bits per heavy atom. The van der Waals surface area contributed by atoms with Crippen LogP contribution in [0.2, 0.25) is 0 Å². The Balaban J connectivity index is 1.12. The van der Waals surface area contributed by atoms with Crippen LogP contribution in [0.15, 0.2) is 23.8 Å². The summed E-state index contributed by atoms with van der Waals surface area (Å²) in [4.78, 5) is 46.0. The van der Waals surface area contributed by atoms with Crippen LogP contribution in [0, 0.1) is 11.8 Å². The number of rotatable bonds is 2. The SMILES string of the molecule is Nc1nc2c(ncn2[C@@H]2C[C@@H]3CO[P+](=O)O[C@H]4[C@@H](F)[C@H](n5cnc6c(N)ncnc65)O[C@@H]4COP(O)(=S)OC[C@H]32)c(=O)[nH]1. The summed E-state index contributed by atoms with van der Waals surface area (Å²) in [5, 5.41) is 0. The Hall–Kier alpha value is -3.06. The van der Waals surface area contributed by atoms with E-state index in [0.717, 1.165) is 0 Å². The molecule has 7 rings (SSSR count). The van der Waals surface area contributed by atoms with Crippen LogP contribution >= 0.6 is 15.0 Å². The number of nitrogens with two attached hydrogens (primary N) is 2. The van der Waals surface area contributed by atoms with Crippen LogP contribution in [0.1, 0.15) is 18.7 Å². The summed E-state index contributed by atoms with van der Waals surface area (Å²) in [7, 11) is -2.81. The van der Waals surface area contributed by atoms with Gasteiger partial charge < -0.3 is 34.7 Å². The third kappa shape index (κ3) is 5.11. The summed E-state index contributed by atoms with van der Waals surface area (Å²) in [6.07, 6.45) is -1.37. The highest BCUT2D eigenvalue weighted by atomic mass is 32.5. The first-order valence-electron chi connectivity index (χ1n) is 12.9. The average molecular weight is 657 g/mol. The van der Waals surface area contributed by atoms with Gasteiger partial charge >= 0.3 is 15.0 Å². The van der Waals surface area contributed by atoms with Gasteiger partial charge in [0, 0.05) is 16.5 Å². The molecule has 18 nitrogen and oxygen atoms in total. The van der Waals surface area contributed by atoms with Gasteiger partial charge in [-0.3, -0.25) is 14.3 Å². The Morgan fingerprint density at radius 1 is 1.09 bits per heavy atom. The van der Waals surface area contributed by atoms with Crippen LogP contribution in [-0.2, 0) is 39.2 Å². The molecule has 0 amide bonds. The number of anilines is 2. The van der Waals surface area contributed by atoms with E-state index >= 15 is 4.39 Å². The largest absolute Gasteiger partial charge is 0.697 e. The third-order valence-electron chi connectivity index (χ3n) is 7.81. The number of ether oxygens (including phenoxy) is 1. The first-order chi connectivity index (χ1) is 20.6. The normalized spacial score (nSPS) is 34.6. The number of aromatic nitrogens is 8. The molecule has 6 N–H and O–H groups in total. The van der Waals surface area contributed by atoms with Crippen molar-refractivity contribution in [3.63, 3.8) is 0 Å². The molecule has 0 bridgehead atoms. The Kier molecular flexibility index (Phi) is 7.23. The molecule has 6 heterocycles.